The first-order chi connectivity index (χ1) is 14.4. The summed E-state index contributed by atoms with van der Waals surface area (Å²) in [5.74, 6) is 2.67. The van der Waals surface area contributed by atoms with Crippen molar-refractivity contribution in [3.05, 3.63) is 53.9 Å². The lowest BCUT2D eigenvalue weighted by atomic mass is 9.64. The van der Waals surface area contributed by atoms with Gasteiger partial charge in [0, 0.05) is 22.3 Å². The molecule has 0 spiro atoms. The number of hydrogen-bond donors (Lipinski definition) is 0. The van der Waals surface area contributed by atoms with Crippen LogP contribution < -0.4 is 4.74 Å². The normalized spacial score (nSPS) is 25.1. The zero-order valence-corrected chi connectivity index (χ0v) is 18.4. The summed E-state index contributed by atoms with van der Waals surface area (Å²) in [6.45, 7) is 12.9. The molecule has 3 heteroatoms. The van der Waals surface area contributed by atoms with Gasteiger partial charge >= 0.3 is 0 Å². The van der Waals surface area contributed by atoms with E-state index in [-0.39, 0.29) is 5.60 Å². The second-order valence-corrected chi connectivity index (χ2v) is 9.52. The Kier molecular flexibility index (Phi) is 4.46. The highest BCUT2D eigenvalue weighted by molar-refractivity contribution is 6.09. The van der Waals surface area contributed by atoms with Crippen LogP contribution in [0.2, 0.25) is 0 Å². The fourth-order valence-corrected chi connectivity index (χ4v) is 5.73. The van der Waals surface area contributed by atoms with Crippen LogP contribution in [0.3, 0.4) is 0 Å². The molecule has 2 aromatic carbocycles. The molecule has 3 atom stereocenters. The fourth-order valence-electron chi connectivity index (χ4n) is 5.73. The van der Waals surface area contributed by atoms with Gasteiger partial charge in [-0.05, 0) is 57.6 Å². The van der Waals surface area contributed by atoms with Crippen molar-refractivity contribution in [2.24, 2.45) is 11.8 Å². The third-order valence-electron chi connectivity index (χ3n) is 7.14. The molecule has 1 aliphatic carbocycles. The van der Waals surface area contributed by atoms with Gasteiger partial charge in [0.25, 0.3) is 0 Å². The van der Waals surface area contributed by atoms with Crippen molar-refractivity contribution in [2.45, 2.75) is 58.5 Å². The van der Waals surface area contributed by atoms with Gasteiger partial charge in [0.2, 0.25) is 0 Å². The molecule has 5 rings (SSSR count). The average Bonchev–Trinajstić information content (AvgIpc) is 2.73. The second-order valence-electron chi connectivity index (χ2n) is 9.52. The van der Waals surface area contributed by atoms with Gasteiger partial charge in [0.05, 0.1) is 22.4 Å². The number of allylic oxidation sites excluding steroid dienone is 1. The van der Waals surface area contributed by atoms with E-state index in [9.17, 15) is 0 Å². The Bertz CT molecular complexity index is 1190. The summed E-state index contributed by atoms with van der Waals surface area (Å²) >= 11 is 0. The van der Waals surface area contributed by atoms with E-state index >= 15 is 0 Å². The van der Waals surface area contributed by atoms with Gasteiger partial charge in [-0.25, -0.2) is 9.97 Å². The maximum Gasteiger partial charge on any atom is 0.133 e. The van der Waals surface area contributed by atoms with Crippen molar-refractivity contribution in [1.29, 1.82) is 0 Å². The molecule has 154 valence electrons. The third-order valence-corrected chi connectivity index (χ3v) is 7.14. The largest absolute Gasteiger partial charge is 0.487 e. The third kappa shape index (κ3) is 2.79. The predicted molar refractivity (Wildman–Crippen MR) is 126 cm³/mol. The quantitative estimate of drug-likeness (QED) is 0.430. The first-order valence-corrected chi connectivity index (χ1v) is 11.1. The smallest absolute Gasteiger partial charge is 0.133 e. The number of benzene rings is 2. The Labute approximate surface area is 178 Å². The van der Waals surface area contributed by atoms with Crippen molar-refractivity contribution in [2.75, 3.05) is 0 Å². The monoisotopic (exact) mass is 398 g/mol. The van der Waals surface area contributed by atoms with E-state index in [1.807, 2.05) is 25.2 Å². The molecular weight excluding hydrogens is 368 g/mol. The van der Waals surface area contributed by atoms with Gasteiger partial charge in [-0.3, -0.25) is 0 Å². The van der Waals surface area contributed by atoms with Crippen LogP contribution in [0.15, 0.2) is 36.9 Å². The summed E-state index contributed by atoms with van der Waals surface area (Å²) in [7, 11) is 0. The van der Waals surface area contributed by atoms with E-state index in [1.165, 1.54) is 24.8 Å². The zero-order valence-electron chi connectivity index (χ0n) is 18.4. The summed E-state index contributed by atoms with van der Waals surface area (Å²) in [5, 5.41) is 2.26. The van der Waals surface area contributed by atoms with E-state index < -0.39 is 0 Å². The van der Waals surface area contributed by atoms with Crippen LogP contribution in [0.4, 0.5) is 0 Å². The summed E-state index contributed by atoms with van der Waals surface area (Å²) in [5.41, 5.74) is 4.75. The number of hydrogen-bond acceptors (Lipinski definition) is 3. The van der Waals surface area contributed by atoms with Gasteiger partial charge in [-0.1, -0.05) is 50.3 Å². The molecule has 3 nitrogen and oxygen atoms in total. The van der Waals surface area contributed by atoms with Crippen molar-refractivity contribution < 1.29 is 4.74 Å². The van der Waals surface area contributed by atoms with Crippen LogP contribution in [0.1, 0.15) is 69.8 Å². The summed E-state index contributed by atoms with van der Waals surface area (Å²) < 4.78 is 6.79. The fraction of sp³-hybridized carbons (Fsp3) is 0.407. The number of rotatable bonds is 2. The highest BCUT2D eigenvalue weighted by atomic mass is 16.5. The maximum absolute atomic E-state index is 6.79. The average molecular weight is 399 g/mol. The van der Waals surface area contributed by atoms with Gasteiger partial charge in [-0.15, -0.1) is 0 Å². The standard InChI is InChI=1S/C27H30N2O/c1-6-10-22-21(7-2)28-25-23-19-15-16(3)13-14-20(19)27(4,5)30-26(23)18-12-9-8-11-17(18)24(25)29-22/h6-12,16,19-20H,2,13-15H2,1,3-5H3/b10-6-. The molecule has 0 saturated heterocycles. The number of nitrogens with zero attached hydrogens (tertiary/aromatic N) is 2. The van der Waals surface area contributed by atoms with Crippen LogP contribution >= 0.6 is 0 Å². The Hall–Kier alpha value is -2.68. The van der Waals surface area contributed by atoms with E-state index in [1.54, 1.807) is 0 Å². The van der Waals surface area contributed by atoms with E-state index in [4.69, 9.17) is 14.7 Å². The highest BCUT2D eigenvalue weighted by Gasteiger charge is 2.47. The number of aromatic nitrogens is 2. The first kappa shape index (κ1) is 19.3. The molecule has 2 aliphatic rings. The lowest BCUT2D eigenvalue weighted by molar-refractivity contribution is -0.0115. The van der Waals surface area contributed by atoms with Gasteiger partial charge in [0.15, 0.2) is 0 Å². The molecular formula is C27H30N2O. The molecule has 0 N–H and O–H groups in total. The SMILES string of the molecule is C=Cc1nc2c3c(c4ccccc4c2nc1/C=C\C)OC(C)(C)C1CCC(C)CC31. The molecule has 0 amide bonds. The molecule has 1 aromatic heterocycles. The van der Waals surface area contributed by atoms with Crippen molar-refractivity contribution in [1.82, 2.24) is 9.97 Å². The van der Waals surface area contributed by atoms with Gasteiger partial charge in [-0.2, -0.15) is 0 Å². The van der Waals surface area contributed by atoms with Crippen LogP contribution in [0.5, 0.6) is 5.75 Å². The Morgan fingerprint density at radius 1 is 1.07 bits per heavy atom. The minimum absolute atomic E-state index is 0.187. The lowest BCUT2D eigenvalue weighted by Gasteiger charge is -2.49. The van der Waals surface area contributed by atoms with Crippen LogP contribution in [0.25, 0.3) is 34.0 Å². The van der Waals surface area contributed by atoms with Crippen LogP contribution in [-0.4, -0.2) is 15.6 Å². The Morgan fingerprint density at radius 3 is 2.53 bits per heavy atom. The maximum atomic E-state index is 6.79. The Morgan fingerprint density at radius 2 is 1.80 bits per heavy atom. The lowest BCUT2D eigenvalue weighted by Crippen LogP contribution is -2.46. The number of ether oxygens (including phenoxy) is 1. The molecule has 0 radical (unpaired) electrons. The molecule has 1 saturated carbocycles. The molecule has 3 unspecified atom stereocenters. The first-order valence-electron chi connectivity index (χ1n) is 11.1. The van der Waals surface area contributed by atoms with Crippen molar-refractivity contribution >= 4 is 34.0 Å². The van der Waals surface area contributed by atoms with Crippen molar-refractivity contribution in [3.63, 3.8) is 0 Å². The molecule has 1 aliphatic heterocycles. The topological polar surface area (TPSA) is 35.0 Å². The summed E-state index contributed by atoms with van der Waals surface area (Å²) in [6.07, 6.45) is 9.49. The van der Waals surface area contributed by atoms with Gasteiger partial charge < -0.3 is 4.74 Å². The molecule has 2 heterocycles. The second kappa shape index (κ2) is 6.94. The molecule has 3 aromatic rings. The minimum Gasteiger partial charge on any atom is -0.487 e. The van der Waals surface area contributed by atoms with Crippen LogP contribution in [-0.2, 0) is 0 Å². The minimum atomic E-state index is -0.187. The molecule has 0 bridgehead atoms. The predicted octanol–water partition coefficient (Wildman–Crippen LogP) is 7.15. The zero-order chi connectivity index (χ0) is 21.0. The highest BCUT2D eigenvalue weighted by Crippen LogP contribution is 2.56. The number of fused-ring (bicyclic) bond motifs is 8. The summed E-state index contributed by atoms with van der Waals surface area (Å²) in [4.78, 5) is 10.2. The van der Waals surface area contributed by atoms with Crippen LogP contribution in [0, 0.1) is 11.8 Å². The van der Waals surface area contributed by atoms with E-state index in [0.717, 1.165) is 38.9 Å². The van der Waals surface area contributed by atoms with E-state index in [2.05, 4.69) is 51.6 Å². The molecule has 1 fully saturated rings. The van der Waals surface area contributed by atoms with E-state index in [0.29, 0.717) is 17.8 Å². The molecule has 30 heavy (non-hydrogen) atoms. The Balaban J connectivity index is 1.93. The summed E-state index contributed by atoms with van der Waals surface area (Å²) in [6, 6.07) is 8.49. The van der Waals surface area contributed by atoms with Gasteiger partial charge in [0.1, 0.15) is 11.4 Å². The van der Waals surface area contributed by atoms with Crippen molar-refractivity contribution in [3.8, 4) is 5.75 Å².